The van der Waals surface area contributed by atoms with E-state index in [2.05, 4.69) is 19.1 Å². The number of benzene rings is 2. The highest BCUT2D eigenvalue weighted by Crippen LogP contribution is 2.22. The van der Waals surface area contributed by atoms with Crippen LogP contribution in [0.25, 0.3) is 0 Å². The molecule has 2 aromatic carbocycles. The molecular weight excluding hydrogens is 260 g/mol. The Hall–Kier alpha value is -2.31. The van der Waals surface area contributed by atoms with E-state index in [1.165, 1.54) is 5.56 Å². The zero-order chi connectivity index (χ0) is 15.1. The Balaban J connectivity index is 1.99. The molecule has 0 saturated carbocycles. The molecule has 108 valence electrons. The highest BCUT2D eigenvalue weighted by atomic mass is 16.5. The van der Waals surface area contributed by atoms with Crippen LogP contribution in [0, 0.1) is 11.3 Å². The Morgan fingerprint density at radius 2 is 1.90 bits per heavy atom. The van der Waals surface area contributed by atoms with Crippen molar-refractivity contribution in [2.75, 3.05) is 6.61 Å². The van der Waals surface area contributed by atoms with Gasteiger partial charge in [-0.1, -0.05) is 49.4 Å². The van der Waals surface area contributed by atoms with Gasteiger partial charge in [-0.15, -0.1) is 0 Å². The van der Waals surface area contributed by atoms with E-state index >= 15 is 0 Å². The van der Waals surface area contributed by atoms with E-state index in [1.54, 1.807) is 0 Å². The molecule has 0 saturated heterocycles. The number of nitrogens with zero attached hydrogens (tertiary/aromatic N) is 1. The second kappa shape index (κ2) is 6.92. The van der Waals surface area contributed by atoms with E-state index in [-0.39, 0.29) is 0 Å². The first-order chi connectivity index (χ1) is 10.2. The molecule has 0 aliphatic rings. The number of hydrogen-bond acceptors (Lipinski definition) is 3. The molecule has 0 aromatic heterocycles. The Kier molecular flexibility index (Phi) is 4.97. The zero-order valence-corrected chi connectivity index (χ0v) is 12.3. The lowest BCUT2D eigenvalue weighted by atomic mass is 9.89. The van der Waals surface area contributed by atoms with E-state index < -0.39 is 5.54 Å². The van der Waals surface area contributed by atoms with Crippen LogP contribution in [-0.4, -0.2) is 6.61 Å². The highest BCUT2D eigenvalue weighted by molar-refractivity contribution is 5.31. The van der Waals surface area contributed by atoms with Crippen molar-refractivity contribution in [3.05, 3.63) is 65.7 Å². The van der Waals surface area contributed by atoms with Crippen molar-refractivity contribution in [2.45, 2.75) is 25.3 Å². The Morgan fingerprint density at radius 1 is 1.14 bits per heavy atom. The lowest BCUT2D eigenvalue weighted by Crippen LogP contribution is -2.36. The average Bonchev–Trinajstić information content (AvgIpc) is 2.55. The molecule has 0 aliphatic heterocycles. The molecule has 21 heavy (non-hydrogen) atoms. The minimum absolute atomic E-state index is 0.409. The lowest BCUT2D eigenvalue weighted by Gasteiger charge is -2.22. The van der Waals surface area contributed by atoms with Gasteiger partial charge in [0.1, 0.15) is 11.3 Å². The van der Waals surface area contributed by atoms with Crippen molar-refractivity contribution in [2.24, 2.45) is 5.73 Å². The van der Waals surface area contributed by atoms with Gasteiger partial charge in [0, 0.05) is 6.42 Å². The molecule has 0 spiro atoms. The molecule has 0 heterocycles. The first-order valence-corrected chi connectivity index (χ1v) is 7.15. The first kappa shape index (κ1) is 15.1. The third kappa shape index (κ3) is 3.84. The number of hydrogen-bond donors (Lipinski definition) is 1. The zero-order valence-electron chi connectivity index (χ0n) is 12.3. The summed E-state index contributed by atoms with van der Waals surface area (Å²) in [6, 6.07) is 19.6. The van der Waals surface area contributed by atoms with Gasteiger partial charge in [0.05, 0.1) is 12.7 Å². The van der Waals surface area contributed by atoms with Gasteiger partial charge in [-0.2, -0.15) is 5.26 Å². The van der Waals surface area contributed by atoms with Gasteiger partial charge >= 0.3 is 0 Å². The fourth-order valence-electron chi connectivity index (χ4n) is 2.19. The molecule has 1 unspecified atom stereocenters. The van der Waals surface area contributed by atoms with E-state index in [4.69, 9.17) is 10.5 Å². The maximum Gasteiger partial charge on any atom is 0.133 e. The molecule has 0 radical (unpaired) electrons. The van der Waals surface area contributed by atoms with Crippen molar-refractivity contribution < 1.29 is 4.74 Å². The van der Waals surface area contributed by atoms with Gasteiger partial charge in [0.2, 0.25) is 0 Å². The second-order valence-corrected chi connectivity index (χ2v) is 5.05. The topological polar surface area (TPSA) is 59.0 Å². The molecule has 1 atom stereocenters. The quantitative estimate of drug-likeness (QED) is 0.882. The molecule has 2 N–H and O–H groups in total. The highest BCUT2D eigenvalue weighted by Gasteiger charge is 2.26. The number of nitriles is 1. The van der Waals surface area contributed by atoms with Crippen LogP contribution >= 0.6 is 0 Å². The van der Waals surface area contributed by atoms with E-state index in [1.807, 2.05) is 48.5 Å². The van der Waals surface area contributed by atoms with Crippen LogP contribution in [0.2, 0.25) is 0 Å². The predicted molar refractivity (Wildman–Crippen MR) is 83.9 cm³/mol. The smallest absolute Gasteiger partial charge is 0.133 e. The van der Waals surface area contributed by atoms with Gasteiger partial charge in [0.25, 0.3) is 0 Å². The maximum atomic E-state index is 9.39. The lowest BCUT2D eigenvalue weighted by molar-refractivity contribution is 0.281. The Bertz CT molecular complexity index is 619. The molecule has 3 heteroatoms. The van der Waals surface area contributed by atoms with Crippen molar-refractivity contribution in [3.8, 4) is 11.8 Å². The molecule has 0 bridgehead atoms. The SMILES string of the molecule is CCc1cccc(OCCC(N)(C#N)c2ccccc2)c1. The van der Waals surface area contributed by atoms with Crippen LogP contribution in [0.1, 0.15) is 24.5 Å². The summed E-state index contributed by atoms with van der Waals surface area (Å²) in [6.45, 7) is 2.52. The molecule has 0 amide bonds. The summed E-state index contributed by atoms with van der Waals surface area (Å²) in [5.41, 5.74) is 7.24. The van der Waals surface area contributed by atoms with Gasteiger partial charge in [-0.05, 0) is 29.7 Å². The summed E-state index contributed by atoms with van der Waals surface area (Å²) in [7, 11) is 0. The van der Waals surface area contributed by atoms with Crippen LogP contribution in [0.3, 0.4) is 0 Å². The number of aryl methyl sites for hydroxylation is 1. The Labute approximate surface area is 126 Å². The summed E-state index contributed by atoms with van der Waals surface area (Å²) < 4.78 is 5.74. The summed E-state index contributed by atoms with van der Waals surface area (Å²) >= 11 is 0. The fraction of sp³-hybridized carbons (Fsp3) is 0.278. The fourth-order valence-corrected chi connectivity index (χ4v) is 2.19. The summed E-state index contributed by atoms with van der Waals surface area (Å²) in [5.74, 6) is 0.822. The summed E-state index contributed by atoms with van der Waals surface area (Å²) in [5, 5.41) is 9.39. The Morgan fingerprint density at radius 3 is 2.57 bits per heavy atom. The van der Waals surface area contributed by atoms with Crippen molar-refractivity contribution >= 4 is 0 Å². The molecule has 3 nitrogen and oxygen atoms in total. The van der Waals surface area contributed by atoms with Gasteiger partial charge in [0.15, 0.2) is 0 Å². The standard InChI is InChI=1S/C18H20N2O/c1-2-15-7-6-10-17(13-15)21-12-11-18(20,14-19)16-8-4-3-5-9-16/h3-10,13H,2,11-12,20H2,1H3. The van der Waals surface area contributed by atoms with E-state index in [0.717, 1.165) is 17.7 Å². The molecule has 0 aliphatic carbocycles. The van der Waals surface area contributed by atoms with E-state index in [9.17, 15) is 5.26 Å². The van der Waals surface area contributed by atoms with Crippen molar-refractivity contribution in [1.82, 2.24) is 0 Å². The molecule has 2 rings (SSSR count). The van der Waals surface area contributed by atoms with Crippen LogP contribution in [-0.2, 0) is 12.0 Å². The minimum Gasteiger partial charge on any atom is -0.493 e. The van der Waals surface area contributed by atoms with Crippen molar-refractivity contribution in [1.29, 1.82) is 5.26 Å². The number of rotatable bonds is 6. The largest absolute Gasteiger partial charge is 0.493 e. The molecule has 2 aromatic rings. The van der Waals surface area contributed by atoms with Gasteiger partial charge in [-0.3, -0.25) is 0 Å². The molecular formula is C18H20N2O. The van der Waals surface area contributed by atoms with Crippen LogP contribution < -0.4 is 10.5 Å². The monoisotopic (exact) mass is 280 g/mol. The normalized spacial score (nSPS) is 13.2. The van der Waals surface area contributed by atoms with Crippen molar-refractivity contribution in [3.63, 3.8) is 0 Å². The third-order valence-electron chi connectivity index (χ3n) is 3.56. The third-order valence-corrected chi connectivity index (χ3v) is 3.56. The minimum atomic E-state index is -1.01. The summed E-state index contributed by atoms with van der Waals surface area (Å²) in [4.78, 5) is 0. The second-order valence-electron chi connectivity index (χ2n) is 5.05. The van der Waals surface area contributed by atoms with Gasteiger partial charge < -0.3 is 10.5 Å². The predicted octanol–water partition coefficient (Wildman–Crippen LogP) is 3.40. The molecule has 0 fully saturated rings. The van der Waals surface area contributed by atoms with Crippen LogP contribution in [0.15, 0.2) is 54.6 Å². The van der Waals surface area contributed by atoms with Crippen LogP contribution in [0.4, 0.5) is 0 Å². The number of nitrogens with two attached hydrogens (primary N) is 1. The van der Waals surface area contributed by atoms with Crippen LogP contribution in [0.5, 0.6) is 5.75 Å². The first-order valence-electron chi connectivity index (χ1n) is 7.15. The number of ether oxygens (including phenoxy) is 1. The van der Waals surface area contributed by atoms with E-state index in [0.29, 0.717) is 13.0 Å². The average molecular weight is 280 g/mol. The maximum absolute atomic E-state index is 9.39. The van der Waals surface area contributed by atoms with Gasteiger partial charge in [-0.25, -0.2) is 0 Å². The summed E-state index contributed by atoms with van der Waals surface area (Å²) in [6.07, 6.45) is 1.42.